The minimum Gasteiger partial charge on any atom is -0.496 e. The fourth-order valence-corrected chi connectivity index (χ4v) is 8.19. The van der Waals surface area contributed by atoms with E-state index in [-0.39, 0.29) is 41.1 Å². The van der Waals surface area contributed by atoms with E-state index in [1.807, 2.05) is 24.1 Å². The van der Waals surface area contributed by atoms with Crippen molar-refractivity contribution in [2.75, 3.05) is 50.6 Å². The van der Waals surface area contributed by atoms with Crippen LogP contribution in [0.3, 0.4) is 0 Å². The van der Waals surface area contributed by atoms with Crippen molar-refractivity contribution in [3.63, 3.8) is 0 Å². The lowest BCUT2D eigenvalue weighted by Crippen LogP contribution is -2.49. The summed E-state index contributed by atoms with van der Waals surface area (Å²) in [7, 11) is 5.08. The number of carbonyl (C=O) groups is 3. The van der Waals surface area contributed by atoms with Crippen LogP contribution in [-0.4, -0.2) is 94.7 Å². The molecule has 0 saturated carbocycles. The summed E-state index contributed by atoms with van der Waals surface area (Å²) in [6.07, 6.45) is 6.99. The topological polar surface area (TPSA) is 145 Å². The molecule has 280 valence electrons. The van der Waals surface area contributed by atoms with Gasteiger partial charge in [-0.1, -0.05) is 11.6 Å². The number of imide groups is 1. The molecular weight excluding hydrogens is 703 g/mol. The molecule has 0 spiro atoms. The van der Waals surface area contributed by atoms with Crippen LogP contribution >= 0.6 is 11.6 Å². The van der Waals surface area contributed by atoms with E-state index in [9.17, 15) is 19.2 Å². The number of benzene rings is 2. The molecule has 0 bridgehead atoms. The van der Waals surface area contributed by atoms with Crippen molar-refractivity contribution in [1.29, 1.82) is 0 Å². The van der Waals surface area contributed by atoms with Crippen LogP contribution in [0.5, 0.6) is 5.75 Å². The summed E-state index contributed by atoms with van der Waals surface area (Å²) in [5.41, 5.74) is 3.49. The summed E-state index contributed by atoms with van der Waals surface area (Å²) in [6, 6.07) is 8.52. The van der Waals surface area contributed by atoms with E-state index in [1.165, 1.54) is 17.7 Å². The first kappa shape index (κ1) is 36.4. The number of anilines is 2. The van der Waals surface area contributed by atoms with E-state index in [0.29, 0.717) is 89.6 Å². The third-order valence-corrected chi connectivity index (χ3v) is 11.3. The number of likely N-dealkylation sites (tertiary alicyclic amines) is 1. The Morgan fingerprint density at radius 1 is 1.08 bits per heavy atom. The van der Waals surface area contributed by atoms with E-state index in [1.54, 1.807) is 31.6 Å². The third-order valence-electron chi connectivity index (χ3n) is 11.0. The van der Waals surface area contributed by atoms with Crippen LogP contribution < -0.4 is 25.8 Å². The van der Waals surface area contributed by atoms with Gasteiger partial charge in [0.25, 0.3) is 5.56 Å². The number of carbonyl (C=O) groups excluding carboxylic acids is 3. The van der Waals surface area contributed by atoms with Crippen LogP contribution in [0.1, 0.15) is 44.1 Å². The summed E-state index contributed by atoms with van der Waals surface area (Å²) >= 11 is 6.68. The smallest absolute Gasteiger partial charge is 0.276 e. The molecule has 13 nitrogen and oxygen atoms in total. The number of amides is 3. The first-order valence-corrected chi connectivity index (χ1v) is 18.4. The molecule has 2 aromatic carbocycles. The largest absolute Gasteiger partial charge is 0.496 e. The molecule has 3 aliphatic rings. The lowest BCUT2D eigenvalue weighted by molar-refractivity contribution is -0.138. The van der Waals surface area contributed by atoms with E-state index >= 15 is 4.39 Å². The Kier molecular flexibility index (Phi) is 10.4. The third kappa shape index (κ3) is 7.47. The number of halogens is 2. The van der Waals surface area contributed by atoms with Crippen molar-refractivity contribution in [1.82, 2.24) is 29.9 Å². The van der Waals surface area contributed by atoms with Crippen molar-refractivity contribution in [2.24, 2.45) is 13.0 Å². The Balaban J connectivity index is 0.916. The van der Waals surface area contributed by atoms with Crippen LogP contribution in [0, 0.1) is 11.7 Å². The number of hydrogen-bond donors (Lipinski definition) is 3. The van der Waals surface area contributed by atoms with Gasteiger partial charge in [0.2, 0.25) is 17.7 Å². The normalized spacial score (nSPS) is 19.0. The number of aromatic nitrogens is 3. The highest BCUT2D eigenvalue weighted by Crippen LogP contribution is 2.35. The molecular formula is C38H44ClFN8O5. The second kappa shape index (κ2) is 15.2. The van der Waals surface area contributed by atoms with Gasteiger partial charge in [-0.2, -0.15) is 5.10 Å². The molecule has 5 heterocycles. The van der Waals surface area contributed by atoms with Gasteiger partial charge < -0.3 is 24.4 Å². The lowest BCUT2D eigenvalue weighted by Gasteiger charge is -2.40. The van der Waals surface area contributed by atoms with E-state index < -0.39 is 6.04 Å². The zero-order chi connectivity index (χ0) is 37.4. The first-order chi connectivity index (χ1) is 25.5. The minimum absolute atomic E-state index is 0.0753. The Hall–Kier alpha value is -4.95. The Morgan fingerprint density at radius 2 is 1.83 bits per heavy atom. The molecule has 7 rings (SSSR count). The van der Waals surface area contributed by atoms with E-state index in [0.717, 1.165) is 31.4 Å². The predicted octanol–water partition coefficient (Wildman–Crippen LogP) is 4.29. The molecule has 4 aromatic rings. The zero-order valence-corrected chi connectivity index (χ0v) is 30.8. The summed E-state index contributed by atoms with van der Waals surface area (Å²) in [4.78, 5) is 56.1. The number of ether oxygens (including phenoxy) is 1. The van der Waals surface area contributed by atoms with Gasteiger partial charge in [0.15, 0.2) is 0 Å². The number of pyridine rings is 1. The summed E-state index contributed by atoms with van der Waals surface area (Å²) in [5.74, 6) is -0.454. The summed E-state index contributed by atoms with van der Waals surface area (Å²) < 4.78 is 22.9. The molecule has 53 heavy (non-hydrogen) atoms. The fraction of sp³-hybridized carbons (Fsp3) is 0.447. The minimum atomic E-state index is -0.486. The molecule has 1 unspecified atom stereocenters. The van der Waals surface area contributed by atoms with Crippen LogP contribution in [0.2, 0.25) is 5.02 Å². The van der Waals surface area contributed by atoms with Gasteiger partial charge in [0.1, 0.15) is 23.1 Å². The van der Waals surface area contributed by atoms with Crippen molar-refractivity contribution in [3.8, 4) is 16.9 Å². The highest BCUT2D eigenvalue weighted by molar-refractivity contribution is 6.33. The molecule has 15 heteroatoms. The Labute approximate surface area is 311 Å². The van der Waals surface area contributed by atoms with Crippen molar-refractivity contribution in [2.45, 2.75) is 57.2 Å². The maximum Gasteiger partial charge on any atom is 0.276 e. The number of fused-ring (bicyclic) bond motifs is 1. The number of nitrogens with zero attached hydrogens (tertiary/aromatic N) is 5. The number of rotatable bonds is 9. The second-order valence-corrected chi connectivity index (χ2v) is 14.7. The van der Waals surface area contributed by atoms with Crippen LogP contribution in [0.15, 0.2) is 47.5 Å². The molecule has 3 amide bonds. The molecule has 3 fully saturated rings. The van der Waals surface area contributed by atoms with Crippen molar-refractivity contribution in [3.05, 3.63) is 69.5 Å². The van der Waals surface area contributed by atoms with Crippen molar-refractivity contribution >= 4 is 51.6 Å². The molecule has 3 saturated heterocycles. The molecule has 1 atom stereocenters. The SMILES string of the molecule is COc1cc(-c2cn(C)c(=O)c3[nH]ncc23)cc(F)c1CN1CCC(N(C)C(=O)C2CCN(c3ccc(NC4CCC(=O)NC4=O)cc3Cl)CC2)CC1. The van der Waals surface area contributed by atoms with Crippen LogP contribution in [-0.2, 0) is 28.0 Å². The van der Waals surface area contributed by atoms with E-state index in [4.69, 9.17) is 16.3 Å². The number of methoxy groups -OCH3 is 1. The Morgan fingerprint density at radius 3 is 2.53 bits per heavy atom. The standard InChI is InChI=1S/C38H44ClFN8O5/c1-45-20-27(26-19-41-44-35(26)38(45)52)23-16-30(40)28(33(17-23)53-3)21-47-12-10-25(11-13-47)46(2)37(51)22-8-14-48(15-9-22)32-6-4-24(18-29(32)39)42-31-5-7-34(49)43-36(31)50/h4,6,16-20,22,25,31,42H,5,7-15,21H2,1-3H3,(H,41,44)(H,43,49,50). The number of piperidine rings is 3. The van der Waals surface area contributed by atoms with Gasteiger partial charge in [0.05, 0.1) is 24.0 Å². The molecule has 0 radical (unpaired) electrons. The van der Waals surface area contributed by atoms with Gasteiger partial charge in [-0.15, -0.1) is 0 Å². The van der Waals surface area contributed by atoms with Crippen LogP contribution in [0.25, 0.3) is 22.0 Å². The van der Waals surface area contributed by atoms with Gasteiger partial charge in [-0.3, -0.25) is 34.5 Å². The van der Waals surface area contributed by atoms with Gasteiger partial charge in [-0.05, 0) is 68.0 Å². The summed E-state index contributed by atoms with van der Waals surface area (Å²) in [6.45, 7) is 3.21. The number of nitrogens with one attached hydrogen (secondary N) is 3. The summed E-state index contributed by atoms with van der Waals surface area (Å²) in [5, 5.41) is 13.5. The Bertz CT molecular complexity index is 2100. The second-order valence-electron chi connectivity index (χ2n) is 14.3. The number of aryl methyl sites for hydroxylation is 1. The van der Waals surface area contributed by atoms with Gasteiger partial charge in [-0.25, -0.2) is 4.39 Å². The number of hydrogen-bond acceptors (Lipinski definition) is 9. The van der Waals surface area contributed by atoms with E-state index in [2.05, 4.69) is 30.6 Å². The maximum atomic E-state index is 15.8. The first-order valence-electron chi connectivity index (χ1n) is 18.0. The predicted molar refractivity (Wildman–Crippen MR) is 201 cm³/mol. The van der Waals surface area contributed by atoms with Crippen LogP contribution in [0.4, 0.5) is 15.8 Å². The van der Waals surface area contributed by atoms with Gasteiger partial charge in [0, 0.05) is 93.6 Å². The molecule has 2 aromatic heterocycles. The number of aromatic amines is 1. The molecule has 3 N–H and O–H groups in total. The van der Waals surface area contributed by atoms with Crippen molar-refractivity contribution < 1.29 is 23.5 Å². The fourth-order valence-electron chi connectivity index (χ4n) is 7.89. The average molecular weight is 747 g/mol. The maximum absolute atomic E-state index is 15.8. The highest BCUT2D eigenvalue weighted by Gasteiger charge is 2.33. The number of H-pyrrole nitrogens is 1. The monoisotopic (exact) mass is 746 g/mol. The molecule has 0 aliphatic carbocycles. The zero-order valence-electron chi connectivity index (χ0n) is 30.1. The quantitative estimate of drug-likeness (QED) is 0.214. The molecule has 3 aliphatic heterocycles. The van der Waals surface area contributed by atoms with Gasteiger partial charge >= 0.3 is 0 Å². The average Bonchev–Trinajstić information content (AvgIpc) is 3.65. The highest BCUT2D eigenvalue weighted by atomic mass is 35.5. The lowest BCUT2D eigenvalue weighted by atomic mass is 9.93.